The van der Waals surface area contributed by atoms with Gasteiger partial charge in [-0.25, -0.2) is 0 Å². The van der Waals surface area contributed by atoms with Gasteiger partial charge in [0.05, 0.1) is 5.69 Å². The van der Waals surface area contributed by atoms with Crippen LogP contribution in [0, 0.1) is 6.92 Å². The van der Waals surface area contributed by atoms with Crippen molar-refractivity contribution in [3.8, 4) is 0 Å². The zero-order valence-corrected chi connectivity index (χ0v) is 15.1. The van der Waals surface area contributed by atoms with Crippen molar-refractivity contribution in [1.29, 1.82) is 0 Å². The number of benzene rings is 2. The highest BCUT2D eigenvalue weighted by molar-refractivity contribution is 9.08. The molecule has 2 heterocycles. The maximum absolute atomic E-state index is 5.77. The van der Waals surface area contributed by atoms with E-state index in [2.05, 4.69) is 26.2 Å². The van der Waals surface area contributed by atoms with Gasteiger partial charge in [0, 0.05) is 38.3 Å². The summed E-state index contributed by atoms with van der Waals surface area (Å²) in [5.74, 6) is 0. The molecule has 0 aliphatic carbocycles. The summed E-state index contributed by atoms with van der Waals surface area (Å²) in [6, 6.07) is 11.0. The zero-order valence-electron chi connectivity index (χ0n) is 12.0. The summed E-state index contributed by atoms with van der Waals surface area (Å²) in [5, 5.41) is 11.7. The number of rotatable bonds is 1. The number of aromatic nitrogens is 2. The summed E-state index contributed by atoms with van der Waals surface area (Å²) in [7, 11) is 0. The second-order valence-corrected chi connectivity index (χ2v) is 6.25. The van der Waals surface area contributed by atoms with E-state index in [1.165, 1.54) is 0 Å². The van der Waals surface area contributed by atoms with E-state index in [1.54, 1.807) is 12.1 Å². The Hall–Kier alpha value is -1.56. The first-order valence-electron chi connectivity index (χ1n) is 6.70. The van der Waals surface area contributed by atoms with Crippen LogP contribution < -0.4 is 0 Å². The van der Waals surface area contributed by atoms with Crippen molar-refractivity contribution < 1.29 is 9.05 Å². The molecular weight excluding hydrogens is 403 g/mol. The number of aryl methyl sites for hydroxylation is 1. The number of fused-ring (bicyclic) bond motifs is 2. The van der Waals surface area contributed by atoms with E-state index in [1.807, 2.05) is 31.2 Å². The van der Waals surface area contributed by atoms with Crippen LogP contribution in [0.15, 0.2) is 45.4 Å². The Bertz CT molecular complexity index is 965. The highest BCUT2D eigenvalue weighted by atomic mass is 79.9. The van der Waals surface area contributed by atoms with E-state index in [0.29, 0.717) is 15.4 Å². The van der Waals surface area contributed by atoms with E-state index < -0.39 is 0 Å². The monoisotopic (exact) mass is 412 g/mol. The van der Waals surface area contributed by atoms with Crippen molar-refractivity contribution in [2.75, 3.05) is 0 Å². The van der Waals surface area contributed by atoms with E-state index in [0.717, 1.165) is 33.3 Å². The standard InChI is InChI=1S/C8H5BrClNO.C8H6ClNO/c9-4-7-6-2-1-5(10)3-8(6)12-11-7;1-5-7-3-2-6(9)4-8(7)11-10-5/h1-3H,4H2;2-4H,1H3. The molecule has 118 valence electrons. The first-order chi connectivity index (χ1) is 11.1. The fraction of sp³-hybridized carbons (Fsp3) is 0.125. The van der Waals surface area contributed by atoms with E-state index in [9.17, 15) is 0 Å². The van der Waals surface area contributed by atoms with Gasteiger partial charge < -0.3 is 9.05 Å². The fourth-order valence-corrected chi connectivity index (χ4v) is 2.83. The largest absolute Gasteiger partial charge is 0.356 e. The Morgan fingerprint density at radius 3 is 2.13 bits per heavy atom. The SMILES string of the molecule is Cc1noc2cc(Cl)ccc12.Clc1ccc2c(CBr)noc2c1. The van der Waals surface area contributed by atoms with Crippen molar-refractivity contribution in [2.24, 2.45) is 0 Å². The smallest absolute Gasteiger partial charge is 0.168 e. The lowest BCUT2D eigenvalue weighted by Gasteiger charge is -1.88. The van der Waals surface area contributed by atoms with Gasteiger partial charge in [-0.3, -0.25) is 0 Å². The minimum absolute atomic E-state index is 0.666. The lowest BCUT2D eigenvalue weighted by Crippen LogP contribution is -1.74. The Balaban J connectivity index is 0.000000136. The van der Waals surface area contributed by atoms with Crippen molar-refractivity contribution in [3.63, 3.8) is 0 Å². The van der Waals surface area contributed by atoms with Crippen molar-refractivity contribution in [3.05, 3.63) is 57.8 Å². The van der Waals surface area contributed by atoms with Gasteiger partial charge >= 0.3 is 0 Å². The van der Waals surface area contributed by atoms with Crippen LogP contribution in [0.1, 0.15) is 11.4 Å². The van der Waals surface area contributed by atoms with Crippen LogP contribution in [0.25, 0.3) is 21.9 Å². The Labute approximate surface area is 150 Å². The van der Waals surface area contributed by atoms with Gasteiger partial charge in [-0.05, 0) is 31.2 Å². The van der Waals surface area contributed by atoms with Crippen LogP contribution in [0.2, 0.25) is 10.0 Å². The summed E-state index contributed by atoms with van der Waals surface area (Å²) in [6.45, 7) is 1.90. The molecule has 2 aromatic carbocycles. The van der Waals surface area contributed by atoms with E-state index in [-0.39, 0.29) is 0 Å². The normalized spacial score (nSPS) is 10.8. The molecule has 4 aromatic rings. The zero-order chi connectivity index (χ0) is 16.4. The van der Waals surface area contributed by atoms with Crippen LogP contribution in [0.5, 0.6) is 0 Å². The molecule has 2 aromatic heterocycles. The van der Waals surface area contributed by atoms with Gasteiger partial charge in [-0.1, -0.05) is 49.4 Å². The number of nitrogens with zero attached hydrogens (tertiary/aromatic N) is 2. The highest BCUT2D eigenvalue weighted by Crippen LogP contribution is 2.23. The first kappa shape index (κ1) is 16.3. The minimum atomic E-state index is 0.666. The second kappa shape index (κ2) is 6.91. The summed E-state index contributed by atoms with van der Waals surface area (Å²) in [5.41, 5.74) is 3.28. The third kappa shape index (κ3) is 3.52. The molecule has 4 rings (SSSR count). The molecule has 0 aliphatic heterocycles. The molecule has 0 atom stereocenters. The third-order valence-corrected chi connectivity index (χ3v) is 4.25. The highest BCUT2D eigenvalue weighted by Gasteiger charge is 2.06. The van der Waals surface area contributed by atoms with E-state index >= 15 is 0 Å². The van der Waals surface area contributed by atoms with Crippen molar-refractivity contribution in [1.82, 2.24) is 10.3 Å². The molecule has 0 saturated carbocycles. The summed E-state index contributed by atoms with van der Waals surface area (Å²) >= 11 is 14.8. The molecule has 0 aliphatic rings. The van der Waals surface area contributed by atoms with Gasteiger partial charge in [0.25, 0.3) is 0 Å². The molecule has 0 N–H and O–H groups in total. The lowest BCUT2D eigenvalue weighted by atomic mass is 10.2. The Kier molecular flexibility index (Phi) is 4.90. The van der Waals surface area contributed by atoms with Gasteiger partial charge in [0.1, 0.15) is 5.69 Å². The molecule has 0 bridgehead atoms. The molecule has 23 heavy (non-hydrogen) atoms. The number of halogens is 3. The van der Waals surface area contributed by atoms with Crippen molar-refractivity contribution >= 4 is 61.1 Å². The fourth-order valence-electron chi connectivity index (χ4n) is 2.10. The van der Waals surface area contributed by atoms with E-state index in [4.69, 9.17) is 32.2 Å². The van der Waals surface area contributed by atoms with Gasteiger partial charge in [0.15, 0.2) is 11.2 Å². The van der Waals surface area contributed by atoms with Gasteiger partial charge in [0.2, 0.25) is 0 Å². The quantitative estimate of drug-likeness (QED) is 0.350. The molecule has 0 unspecified atom stereocenters. The average molecular weight is 414 g/mol. The number of hydrogen-bond acceptors (Lipinski definition) is 4. The van der Waals surface area contributed by atoms with Crippen LogP contribution in [-0.4, -0.2) is 10.3 Å². The van der Waals surface area contributed by atoms with Crippen LogP contribution in [0.3, 0.4) is 0 Å². The van der Waals surface area contributed by atoms with Crippen LogP contribution in [-0.2, 0) is 5.33 Å². The summed E-state index contributed by atoms with van der Waals surface area (Å²) < 4.78 is 10.1. The number of alkyl halides is 1. The molecule has 0 radical (unpaired) electrons. The minimum Gasteiger partial charge on any atom is -0.356 e. The molecule has 0 amide bonds. The van der Waals surface area contributed by atoms with Crippen molar-refractivity contribution in [2.45, 2.75) is 12.3 Å². The van der Waals surface area contributed by atoms with Crippen LogP contribution >= 0.6 is 39.1 Å². The number of hydrogen-bond donors (Lipinski definition) is 0. The maximum Gasteiger partial charge on any atom is 0.168 e. The summed E-state index contributed by atoms with van der Waals surface area (Å²) in [4.78, 5) is 0. The average Bonchev–Trinajstić information content (AvgIpc) is 3.11. The third-order valence-electron chi connectivity index (χ3n) is 3.25. The Morgan fingerprint density at radius 2 is 1.48 bits per heavy atom. The molecular formula is C16H11BrCl2N2O2. The molecule has 0 spiro atoms. The summed E-state index contributed by atoms with van der Waals surface area (Å²) in [6.07, 6.45) is 0. The second-order valence-electron chi connectivity index (χ2n) is 4.81. The lowest BCUT2D eigenvalue weighted by molar-refractivity contribution is 0.450. The Morgan fingerprint density at radius 1 is 0.913 bits per heavy atom. The topological polar surface area (TPSA) is 52.1 Å². The van der Waals surface area contributed by atoms with Gasteiger partial charge in [-0.15, -0.1) is 0 Å². The predicted octanol–water partition coefficient (Wildman–Crippen LogP) is 6.17. The molecule has 4 nitrogen and oxygen atoms in total. The van der Waals surface area contributed by atoms with Crippen LogP contribution in [0.4, 0.5) is 0 Å². The molecule has 0 fully saturated rings. The molecule has 0 saturated heterocycles. The first-order valence-corrected chi connectivity index (χ1v) is 8.57. The molecule has 7 heteroatoms. The van der Waals surface area contributed by atoms with Gasteiger partial charge in [-0.2, -0.15) is 0 Å². The maximum atomic E-state index is 5.77. The predicted molar refractivity (Wildman–Crippen MR) is 95.4 cm³/mol.